The monoisotopic (exact) mass is 635 g/mol. The predicted molar refractivity (Wildman–Crippen MR) is 179 cm³/mol. The van der Waals surface area contributed by atoms with E-state index in [0.29, 0.717) is 35.9 Å². The Morgan fingerprint density at radius 1 is 1.04 bits per heavy atom. The second kappa shape index (κ2) is 17.4. The molecule has 0 aliphatic carbocycles. The quantitative estimate of drug-likeness (QED) is 0.0758. The number of carbonyl (C=O) groups is 2. The van der Waals surface area contributed by atoms with Gasteiger partial charge in [-0.25, -0.2) is 9.79 Å². The molecular formula is C33H45N7O4S. The van der Waals surface area contributed by atoms with Crippen LogP contribution in [0.1, 0.15) is 87.5 Å². The number of amidine groups is 1. The maximum Gasteiger partial charge on any atom is 0.408 e. The molecule has 12 heteroatoms. The highest BCUT2D eigenvalue weighted by molar-refractivity contribution is 7.15. The number of unbranched alkanes of at least 4 members (excludes halogenated alkanes) is 1. The molecule has 1 heterocycles. The highest BCUT2D eigenvalue weighted by Gasteiger charge is 2.18. The van der Waals surface area contributed by atoms with Gasteiger partial charge in [0.2, 0.25) is 11.0 Å². The van der Waals surface area contributed by atoms with Gasteiger partial charge in [-0.15, -0.1) is 10.2 Å². The second-order valence-electron chi connectivity index (χ2n) is 11.9. The van der Waals surface area contributed by atoms with Gasteiger partial charge in [0.25, 0.3) is 0 Å². The summed E-state index contributed by atoms with van der Waals surface area (Å²) in [6, 6.07) is 16.8. The molecule has 0 aliphatic rings. The van der Waals surface area contributed by atoms with Crippen LogP contribution in [-0.4, -0.2) is 50.7 Å². The summed E-state index contributed by atoms with van der Waals surface area (Å²) in [5.41, 5.74) is 8.74. The number of rotatable bonds is 16. The van der Waals surface area contributed by atoms with Crippen LogP contribution < -0.4 is 16.4 Å². The Bertz CT molecular complexity index is 1440. The minimum atomic E-state index is -1.01. The number of ether oxygens (including phenoxy) is 1. The number of aliphatic imine (C=N–C) groups is 1. The van der Waals surface area contributed by atoms with Gasteiger partial charge >= 0.3 is 6.09 Å². The number of hydrogen-bond donors (Lipinski definition) is 5. The number of aryl methyl sites for hydroxylation is 1. The number of amides is 2. The van der Waals surface area contributed by atoms with Crippen molar-refractivity contribution in [2.45, 2.75) is 96.9 Å². The zero-order valence-electron chi connectivity index (χ0n) is 26.5. The van der Waals surface area contributed by atoms with Crippen molar-refractivity contribution in [3.05, 3.63) is 76.3 Å². The van der Waals surface area contributed by atoms with E-state index < -0.39 is 17.9 Å². The first-order valence-corrected chi connectivity index (χ1v) is 16.0. The van der Waals surface area contributed by atoms with Crippen molar-refractivity contribution in [1.29, 1.82) is 5.41 Å². The first-order valence-electron chi connectivity index (χ1n) is 15.2. The van der Waals surface area contributed by atoms with E-state index in [2.05, 4.69) is 25.8 Å². The first kappa shape index (κ1) is 35.3. The molecule has 0 fully saturated rings. The van der Waals surface area contributed by atoms with Crippen molar-refractivity contribution in [2.75, 3.05) is 5.32 Å². The molecule has 1 aromatic heterocycles. The number of aliphatic hydroxyl groups is 1. The van der Waals surface area contributed by atoms with E-state index in [1.807, 2.05) is 82.3 Å². The summed E-state index contributed by atoms with van der Waals surface area (Å²) in [5, 5.41) is 34.0. The number of aliphatic hydroxyl groups excluding tert-OH is 1. The predicted octanol–water partition coefficient (Wildman–Crippen LogP) is 5.74. The lowest BCUT2D eigenvalue weighted by molar-refractivity contribution is -0.115. The molecule has 0 spiro atoms. The molecular weight excluding hydrogens is 590 g/mol. The number of benzene rings is 2. The molecule has 0 saturated carbocycles. The van der Waals surface area contributed by atoms with E-state index >= 15 is 0 Å². The third kappa shape index (κ3) is 14.0. The molecule has 2 unspecified atom stereocenters. The van der Waals surface area contributed by atoms with Gasteiger partial charge in [0.1, 0.15) is 10.6 Å². The number of alkyl carbamates (subject to hydrolysis) is 1. The van der Waals surface area contributed by atoms with E-state index in [1.165, 1.54) is 11.3 Å². The third-order valence-corrected chi connectivity index (χ3v) is 7.54. The molecule has 0 aliphatic heterocycles. The largest absolute Gasteiger partial charge is 0.444 e. The van der Waals surface area contributed by atoms with E-state index in [4.69, 9.17) is 15.9 Å². The molecule has 3 aromatic rings. The zero-order chi connectivity index (χ0) is 32.8. The van der Waals surface area contributed by atoms with Crippen LogP contribution in [0.15, 0.2) is 59.6 Å². The molecule has 0 radical (unpaired) electrons. The van der Waals surface area contributed by atoms with Gasteiger partial charge in [-0.2, -0.15) is 0 Å². The first-order chi connectivity index (χ1) is 21.4. The summed E-state index contributed by atoms with van der Waals surface area (Å²) in [4.78, 5) is 28.5. The highest BCUT2D eigenvalue weighted by atomic mass is 32.1. The lowest BCUT2D eigenvalue weighted by Gasteiger charge is -2.22. The molecule has 0 bridgehead atoms. The molecule has 11 nitrogen and oxygen atoms in total. The van der Waals surface area contributed by atoms with Crippen LogP contribution in [0.3, 0.4) is 0 Å². The van der Waals surface area contributed by atoms with Crippen molar-refractivity contribution in [1.82, 2.24) is 15.5 Å². The Balaban J connectivity index is 1.33. The van der Waals surface area contributed by atoms with Crippen LogP contribution in [-0.2, 0) is 28.8 Å². The van der Waals surface area contributed by atoms with Gasteiger partial charge in [0, 0.05) is 25.0 Å². The molecule has 3 rings (SSSR count). The fraction of sp³-hybridized carbons (Fsp3) is 0.455. The standard InChI is InChI=1S/C33H45N7O4S/c1-22(36-32(43)44-33(2,3)4)25-14-10-13-24(19-25)21-28(41)37-27(35)18-17-26(34)15-8-9-16-30-39-40-31(45-30)38-29(42)20-23-11-6-5-7-12-23/h5-7,10-14,19,22,28,34,41H,8-9,15-18,20-21H2,1-4H3,(H2,35,37)(H,36,43)(H,38,40,42). The fourth-order valence-corrected chi connectivity index (χ4v) is 5.24. The van der Waals surface area contributed by atoms with E-state index in [0.717, 1.165) is 41.0 Å². The second-order valence-corrected chi connectivity index (χ2v) is 13.0. The number of anilines is 1. The Morgan fingerprint density at radius 2 is 1.78 bits per heavy atom. The van der Waals surface area contributed by atoms with Crippen LogP contribution in [0.5, 0.6) is 0 Å². The minimum Gasteiger partial charge on any atom is -0.444 e. The summed E-state index contributed by atoms with van der Waals surface area (Å²) >= 11 is 1.37. The number of carbonyl (C=O) groups excluding carboxylic acids is 2. The van der Waals surface area contributed by atoms with E-state index in [1.54, 1.807) is 0 Å². The van der Waals surface area contributed by atoms with Crippen molar-refractivity contribution in [2.24, 2.45) is 10.7 Å². The number of aromatic nitrogens is 2. The van der Waals surface area contributed by atoms with Gasteiger partial charge in [-0.3, -0.25) is 4.79 Å². The van der Waals surface area contributed by atoms with Gasteiger partial charge in [-0.05, 0) is 70.1 Å². The Labute approximate surface area is 269 Å². The van der Waals surface area contributed by atoms with Crippen molar-refractivity contribution >= 4 is 40.0 Å². The fourth-order valence-electron chi connectivity index (χ4n) is 4.44. The van der Waals surface area contributed by atoms with Gasteiger partial charge in [-0.1, -0.05) is 65.9 Å². The lowest BCUT2D eigenvalue weighted by atomic mass is 10.0. The summed E-state index contributed by atoms with van der Waals surface area (Å²) in [5.74, 6) is 0.181. The topological polar surface area (TPSA) is 176 Å². The average Bonchev–Trinajstić information content (AvgIpc) is 3.40. The highest BCUT2D eigenvalue weighted by Crippen LogP contribution is 2.19. The Hall–Kier alpha value is -4.16. The van der Waals surface area contributed by atoms with Gasteiger partial charge < -0.3 is 31.6 Å². The maximum atomic E-state index is 12.2. The molecule has 45 heavy (non-hydrogen) atoms. The summed E-state index contributed by atoms with van der Waals surface area (Å²) < 4.78 is 5.33. The Morgan fingerprint density at radius 3 is 2.51 bits per heavy atom. The SMILES string of the molecule is CC(NC(=O)OC(C)(C)C)c1cccc(CC(O)N=C(N)CCC(=N)CCCCc2nnc(NC(=O)Cc3ccccc3)s2)c1. The van der Waals surface area contributed by atoms with Crippen LogP contribution in [0, 0.1) is 5.41 Å². The summed E-state index contributed by atoms with van der Waals surface area (Å²) in [6.45, 7) is 7.30. The molecule has 2 amide bonds. The molecule has 242 valence electrons. The van der Waals surface area contributed by atoms with Crippen molar-refractivity contribution < 1.29 is 19.4 Å². The van der Waals surface area contributed by atoms with Gasteiger partial charge in [0.05, 0.1) is 18.3 Å². The van der Waals surface area contributed by atoms with Crippen LogP contribution in [0.2, 0.25) is 0 Å². The smallest absolute Gasteiger partial charge is 0.408 e. The van der Waals surface area contributed by atoms with Crippen molar-refractivity contribution in [3.63, 3.8) is 0 Å². The average molecular weight is 636 g/mol. The molecule has 2 atom stereocenters. The third-order valence-electron chi connectivity index (χ3n) is 6.64. The van der Waals surface area contributed by atoms with E-state index in [9.17, 15) is 14.7 Å². The van der Waals surface area contributed by atoms with Gasteiger partial charge in [0.15, 0.2) is 6.23 Å². The number of hydrogen-bond acceptors (Lipinski definition) is 9. The number of nitrogens with two attached hydrogens (primary N) is 1. The summed E-state index contributed by atoms with van der Waals surface area (Å²) in [7, 11) is 0. The van der Waals surface area contributed by atoms with Crippen molar-refractivity contribution in [3.8, 4) is 0 Å². The molecule has 2 aromatic carbocycles. The summed E-state index contributed by atoms with van der Waals surface area (Å²) in [6.07, 6.45) is 2.97. The zero-order valence-corrected chi connectivity index (χ0v) is 27.3. The number of nitrogens with zero attached hydrogens (tertiary/aromatic N) is 3. The molecule has 6 N–H and O–H groups in total. The van der Waals surface area contributed by atoms with Crippen LogP contribution in [0.25, 0.3) is 0 Å². The van der Waals surface area contributed by atoms with E-state index in [-0.39, 0.29) is 24.8 Å². The maximum absolute atomic E-state index is 12.2. The normalized spacial score (nSPS) is 13.1. The Kier molecular flexibility index (Phi) is 13.6. The minimum absolute atomic E-state index is 0.124. The number of nitrogens with one attached hydrogen (secondary N) is 3. The lowest BCUT2D eigenvalue weighted by Crippen LogP contribution is -2.34. The van der Waals surface area contributed by atoms with Crippen LogP contribution >= 0.6 is 11.3 Å². The molecule has 0 saturated heterocycles. The van der Waals surface area contributed by atoms with Crippen LogP contribution in [0.4, 0.5) is 9.93 Å².